The number of nitrogens with zero attached hydrogens (tertiary/aromatic N) is 1. The minimum Gasteiger partial charge on any atom is -0.334 e. The lowest BCUT2D eigenvalue weighted by molar-refractivity contribution is 0.0734. The quantitative estimate of drug-likeness (QED) is 0.897. The van der Waals surface area contributed by atoms with Crippen molar-refractivity contribution >= 4 is 15.9 Å². The maximum Gasteiger partial charge on any atom is 0.254 e. The van der Waals surface area contributed by atoms with Crippen molar-refractivity contribution in [2.45, 2.75) is 44.7 Å². The number of fused-ring (bicyclic) bond motifs is 1. The van der Waals surface area contributed by atoms with Gasteiger partial charge in [-0.15, -0.1) is 0 Å². The average Bonchev–Trinajstić information content (AvgIpc) is 2.59. The summed E-state index contributed by atoms with van der Waals surface area (Å²) in [5.74, 6) is -0.0239. The van der Waals surface area contributed by atoms with Gasteiger partial charge in [0.1, 0.15) is 0 Å². The molecule has 1 aliphatic heterocycles. The highest BCUT2D eigenvalue weighted by Crippen LogP contribution is 2.24. The van der Waals surface area contributed by atoms with Gasteiger partial charge in [0.05, 0.1) is 4.90 Å². The molecule has 0 unspecified atom stereocenters. The second-order valence-corrected chi connectivity index (χ2v) is 8.76. The average molecular weight is 372 g/mol. The molecule has 0 bridgehead atoms. The Morgan fingerprint density at radius 3 is 2.42 bits per heavy atom. The van der Waals surface area contributed by atoms with E-state index >= 15 is 0 Å². The van der Waals surface area contributed by atoms with E-state index in [2.05, 4.69) is 4.72 Å². The molecule has 2 aromatic rings. The molecule has 0 radical (unpaired) electrons. The SMILES string of the molecule is Cc1ccc(C(=O)N2CCc3ccc(S(=O)(=O)NC(C)C)cc3C2)cc1. The van der Waals surface area contributed by atoms with Crippen LogP contribution in [0.4, 0.5) is 0 Å². The van der Waals surface area contributed by atoms with Crippen LogP contribution >= 0.6 is 0 Å². The van der Waals surface area contributed by atoms with Gasteiger partial charge in [-0.25, -0.2) is 13.1 Å². The fourth-order valence-electron chi connectivity index (χ4n) is 3.13. The number of aryl methyl sites for hydroxylation is 1. The van der Waals surface area contributed by atoms with E-state index in [9.17, 15) is 13.2 Å². The van der Waals surface area contributed by atoms with Crippen molar-refractivity contribution in [3.8, 4) is 0 Å². The van der Waals surface area contributed by atoms with Crippen molar-refractivity contribution in [2.24, 2.45) is 0 Å². The molecule has 5 nitrogen and oxygen atoms in total. The number of carbonyl (C=O) groups excluding carboxylic acids is 1. The minimum absolute atomic E-state index is 0.0239. The first-order chi connectivity index (χ1) is 12.3. The van der Waals surface area contributed by atoms with Crippen LogP contribution in [-0.4, -0.2) is 31.8 Å². The van der Waals surface area contributed by atoms with Gasteiger partial charge in [-0.1, -0.05) is 23.8 Å². The third-order valence-corrected chi connectivity index (χ3v) is 6.13. The largest absolute Gasteiger partial charge is 0.334 e. The molecule has 0 fully saturated rings. The van der Waals surface area contributed by atoms with Crippen LogP contribution < -0.4 is 4.72 Å². The summed E-state index contributed by atoms with van der Waals surface area (Å²) in [5, 5.41) is 0. The Morgan fingerprint density at radius 2 is 1.77 bits per heavy atom. The second-order valence-electron chi connectivity index (χ2n) is 7.05. The summed E-state index contributed by atoms with van der Waals surface area (Å²) in [7, 11) is -3.54. The number of rotatable bonds is 4. The summed E-state index contributed by atoms with van der Waals surface area (Å²) in [6.45, 7) is 6.62. The summed E-state index contributed by atoms with van der Waals surface area (Å²) in [6.07, 6.45) is 0.727. The standard InChI is InChI=1S/C20H24N2O3S/c1-14(2)21-26(24,25)19-9-8-16-10-11-22(13-18(16)12-19)20(23)17-6-4-15(3)5-7-17/h4-9,12,14,21H,10-11,13H2,1-3H3. The molecule has 26 heavy (non-hydrogen) atoms. The zero-order chi connectivity index (χ0) is 18.9. The maximum absolute atomic E-state index is 12.7. The Balaban J connectivity index is 1.84. The molecular weight excluding hydrogens is 348 g/mol. The summed E-state index contributed by atoms with van der Waals surface area (Å²) < 4.78 is 27.4. The van der Waals surface area contributed by atoms with E-state index in [1.165, 1.54) is 0 Å². The number of nitrogens with one attached hydrogen (secondary N) is 1. The molecule has 0 spiro atoms. The Hall–Kier alpha value is -2.18. The third kappa shape index (κ3) is 3.97. The topological polar surface area (TPSA) is 66.5 Å². The fraction of sp³-hybridized carbons (Fsp3) is 0.350. The van der Waals surface area contributed by atoms with Crippen LogP contribution in [0, 0.1) is 6.92 Å². The van der Waals surface area contributed by atoms with Crippen LogP contribution in [0.1, 0.15) is 40.9 Å². The molecule has 1 aliphatic rings. The van der Waals surface area contributed by atoms with Crippen molar-refractivity contribution in [3.05, 3.63) is 64.7 Å². The van der Waals surface area contributed by atoms with E-state index in [-0.39, 0.29) is 16.8 Å². The number of hydrogen-bond acceptors (Lipinski definition) is 3. The summed E-state index contributed by atoms with van der Waals surface area (Å²) in [4.78, 5) is 14.8. The van der Waals surface area contributed by atoms with Gasteiger partial charge in [-0.3, -0.25) is 4.79 Å². The first-order valence-corrected chi connectivity index (χ1v) is 10.2. The van der Waals surface area contributed by atoms with Gasteiger partial charge >= 0.3 is 0 Å². The molecule has 1 N–H and O–H groups in total. The molecule has 0 saturated carbocycles. The van der Waals surface area contributed by atoms with E-state index in [0.717, 1.165) is 23.1 Å². The van der Waals surface area contributed by atoms with Crippen LogP contribution in [0.5, 0.6) is 0 Å². The zero-order valence-corrected chi connectivity index (χ0v) is 16.1. The Morgan fingerprint density at radius 1 is 1.08 bits per heavy atom. The molecule has 138 valence electrons. The van der Waals surface area contributed by atoms with E-state index in [0.29, 0.717) is 18.7 Å². The van der Waals surface area contributed by atoms with Crippen molar-refractivity contribution in [3.63, 3.8) is 0 Å². The highest BCUT2D eigenvalue weighted by atomic mass is 32.2. The van der Waals surface area contributed by atoms with Crippen molar-refractivity contribution in [2.75, 3.05) is 6.54 Å². The van der Waals surface area contributed by atoms with E-state index < -0.39 is 10.0 Å². The fourth-order valence-corrected chi connectivity index (χ4v) is 4.43. The lowest BCUT2D eigenvalue weighted by Gasteiger charge is -2.29. The van der Waals surface area contributed by atoms with Crippen molar-refractivity contribution in [1.82, 2.24) is 9.62 Å². The molecule has 3 rings (SSSR count). The van der Waals surface area contributed by atoms with E-state index in [4.69, 9.17) is 0 Å². The molecule has 0 aliphatic carbocycles. The Bertz CT molecular complexity index is 919. The molecule has 0 aromatic heterocycles. The second kappa shape index (κ2) is 7.21. The molecular formula is C20H24N2O3S. The number of benzene rings is 2. The molecule has 1 amide bonds. The number of carbonyl (C=O) groups is 1. The van der Waals surface area contributed by atoms with Gasteiger partial charge in [0, 0.05) is 24.7 Å². The van der Waals surface area contributed by atoms with Gasteiger partial charge in [-0.05, 0) is 62.6 Å². The monoisotopic (exact) mass is 372 g/mol. The van der Waals surface area contributed by atoms with Crippen LogP contribution in [0.15, 0.2) is 47.4 Å². The number of hydrogen-bond donors (Lipinski definition) is 1. The minimum atomic E-state index is -3.54. The predicted molar refractivity (Wildman–Crippen MR) is 102 cm³/mol. The summed E-state index contributed by atoms with van der Waals surface area (Å²) >= 11 is 0. The highest BCUT2D eigenvalue weighted by molar-refractivity contribution is 7.89. The van der Waals surface area contributed by atoms with Crippen molar-refractivity contribution < 1.29 is 13.2 Å². The normalized spacial score (nSPS) is 14.4. The first kappa shape index (κ1) is 18.6. The van der Waals surface area contributed by atoms with Crippen LogP contribution in [0.3, 0.4) is 0 Å². The summed E-state index contributed by atoms with van der Waals surface area (Å²) in [6, 6.07) is 12.5. The number of sulfonamides is 1. The zero-order valence-electron chi connectivity index (χ0n) is 15.3. The smallest absolute Gasteiger partial charge is 0.254 e. The van der Waals surface area contributed by atoms with E-state index in [1.807, 2.05) is 37.3 Å². The molecule has 6 heteroatoms. The van der Waals surface area contributed by atoms with Gasteiger partial charge < -0.3 is 4.90 Å². The Kier molecular flexibility index (Phi) is 5.16. The molecule has 2 aromatic carbocycles. The van der Waals surface area contributed by atoms with Crippen molar-refractivity contribution in [1.29, 1.82) is 0 Å². The van der Waals surface area contributed by atoms with Crippen LogP contribution in [0.2, 0.25) is 0 Å². The molecule has 1 heterocycles. The third-order valence-electron chi connectivity index (χ3n) is 4.48. The van der Waals surface area contributed by atoms with Gasteiger partial charge in [0.2, 0.25) is 10.0 Å². The lowest BCUT2D eigenvalue weighted by Crippen LogP contribution is -2.36. The Labute approximate surface area is 155 Å². The molecule has 0 atom stereocenters. The maximum atomic E-state index is 12.7. The summed E-state index contributed by atoms with van der Waals surface area (Å²) in [5.41, 5.74) is 3.76. The number of amides is 1. The highest BCUT2D eigenvalue weighted by Gasteiger charge is 2.24. The van der Waals surface area contributed by atoms with Gasteiger partial charge in [0.25, 0.3) is 5.91 Å². The molecule has 0 saturated heterocycles. The van der Waals surface area contributed by atoms with Gasteiger partial charge in [-0.2, -0.15) is 0 Å². The van der Waals surface area contributed by atoms with Gasteiger partial charge in [0.15, 0.2) is 0 Å². The van der Waals surface area contributed by atoms with Crippen LogP contribution in [0.25, 0.3) is 0 Å². The predicted octanol–water partition coefficient (Wildman–Crippen LogP) is 2.88. The van der Waals surface area contributed by atoms with E-state index in [1.54, 1.807) is 30.9 Å². The first-order valence-electron chi connectivity index (χ1n) is 8.76. The lowest BCUT2D eigenvalue weighted by atomic mass is 9.99. The van der Waals surface area contributed by atoms with Crippen LogP contribution in [-0.2, 0) is 23.0 Å².